The molecule has 0 spiro atoms. The van der Waals surface area contributed by atoms with Crippen LogP contribution in [0.1, 0.15) is 23.1 Å². The topological polar surface area (TPSA) is 96.6 Å². The summed E-state index contributed by atoms with van der Waals surface area (Å²) in [5.74, 6) is 0.275. The second-order valence-corrected chi connectivity index (χ2v) is 8.21. The minimum atomic E-state index is -3.52. The average Bonchev–Trinajstić information content (AvgIpc) is 3.07. The van der Waals surface area contributed by atoms with Crippen molar-refractivity contribution in [3.63, 3.8) is 0 Å². The van der Waals surface area contributed by atoms with Crippen LogP contribution in [0, 0.1) is 6.92 Å². The number of guanidine groups is 1. The molecule has 0 aliphatic heterocycles. The third kappa shape index (κ3) is 4.62. The molecule has 4 N–H and O–H groups in total. The molecule has 6 nitrogen and oxygen atoms in total. The molecule has 0 saturated heterocycles. The van der Waals surface area contributed by atoms with E-state index in [9.17, 15) is 8.42 Å². The number of nitrogens with two attached hydrogens (primary N) is 1. The lowest BCUT2D eigenvalue weighted by atomic mass is 10.1. The fraction of sp³-hybridized carbons (Fsp3) is 0.316. The molecule has 0 atom stereocenters. The van der Waals surface area contributed by atoms with Gasteiger partial charge in [-0.05, 0) is 61.6 Å². The third-order valence-corrected chi connectivity index (χ3v) is 5.87. The largest absolute Gasteiger partial charge is 0.370 e. The van der Waals surface area contributed by atoms with E-state index in [1.165, 1.54) is 17.5 Å². The molecule has 2 aromatic rings. The Balaban J connectivity index is 1.51. The first-order valence-electron chi connectivity index (χ1n) is 8.69. The summed E-state index contributed by atoms with van der Waals surface area (Å²) < 4.78 is 26.9. The van der Waals surface area contributed by atoms with Crippen molar-refractivity contribution >= 4 is 21.7 Å². The highest BCUT2D eigenvalue weighted by Crippen LogP contribution is 2.24. The summed E-state index contributed by atoms with van der Waals surface area (Å²) in [6, 6.07) is 12.9. The maximum Gasteiger partial charge on any atom is 0.240 e. The van der Waals surface area contributed by atoms with E-state index >= 15 is 0 Å². The van der Waals surface area contributed by atoms with Crippen LogP contribution in [-0.2, 0) is 22.9 Å². The fourth-order valence-corrected chi connectivity index (χ4v) is 4.02. The number of hydrogen-bond acceptors (Lipinski definition) is 3. The zero-order valence-corrected chi connectivity index (χ0v) is 15.6. The second-order valence-electron chi connectivity index (χ2n) is 6.44. The summed E-state index contributed by atoms with van der Waals surface area (Å²) >= 11 is 0. The number of aryl methyl sites for hydroxylation is 3. The Hall–Kier alpha value is -2.38. The van der Waals surface area contributed by atoms with E-state index in [0.29, 0.717) is 0 Å². The molecule has 26 heavy (non-hydrogen) atoms. The molecule has 2 aromatic carbocycles. The molecule has 7 heteroatoms. The predicted octanol–water partition coefficient (Wildman–Crippen LogP) is 2.19. The van der Waals surface area contributed by atoms with Crippen molar-refractivity contribution in [1.82, 2.24) is 4.72 Å². The molecule has 0 amide bonds. The second kappa shape index (κ2) is 7.88. The van der Waals surface area contributed by atoms with E-state index in [2.05, 4.69) is 27.2 Å². The number of hydrogen-bond donors (Lipinski definition) is 3. The molecule has 0 radical (unpaired) electrons. The summed E-state index contributed by atoms with van der Waals surface area (Å²) in [4.78, 5) is 4.43. The van der Waals surface area contributed by atoms with Crippen LogP contribution < -0.4 is 15.8 Å². The Kier molecular flexibility index (Phi) is 5.58. The number of sulfonamides is 1. The number of aliphatic imine (C=N–C) groups is 1. The lowest BCUT2D eigenvalue weighted by Crippen LogP contribution is -2.28. The fourth-order valence-electron chi connectivity index (χ4n) is 2.99. The van der Waals surface area contributed by atoms with Crippen LogP contribution in [-0.4, -0.2) is 27.5 Å². The minimum Gasteiger partial charge on any atom is -0.370 e. The predicted molar refractivity (Wildman–Crippen MR) is 105 cm³/mol. The maximum absolute atomic E-state index is 12.2. The third-order valence-electron chi connectivity index (χ3n) is 4.39. The smallest absolute Gasteiger partial charge is 0.240 e. The van der Waals surface area contributed by atoms with Crippen LogP contribution in [0.25, 0.3) is 0 Å². The molecule has 0 aromatic heterocycles. The van der Waals surface area contributed by atoms with Gasteiger partial charge < -0.3 is 11.1 Å². The molecule has 138 valence electrons. The quantitative estimate of drug-likeness (QED) is 0.411. The SMILES string of the molecule is Cc1ccc(S(=O)(=O)NCCN=C(N)Nc2ccc3c(c2)CCC3)cc1. The Morgan fingerprint density at radius 3 is 2.62 bits per heavy atom. The van der Waals surface area contributed by atoms with Gasteiger partial charge in [-0.2, -0.15) is 0 Å². The zero-order valence-electron chi connectivity index (χ0n) is 14.8. The Bertz CT molecular complexity index is 906. The minimum absolute atomic E-state index is 0.183. The summed E-state index contributed by atoms with van der Waals surface area (Å²) in [5, 5.41) is 3.06. The van der Waals surface area contributed by atoms with Crippen LogP contribution in [0.15, 0.2) is 52.4 Å². The van der Waals surface area contributed by atoms with Crippen LogP contribution in [0.3, 0.4) is 0 Å². The molecule has 1 aliphatic carbocycles. The van der Waals surface area contributed by atoms with Crippen LogP contribution in [0.5, 0.6) is 0 Å². The molecule has 0 fully saturated rings. The van der Waals surface area contributed by atoms with E-state index in [1.54, 1.807) is 24.3 Å². The zero-order chi connectivity index (χ0) is 18.6. The molecule has 1 aliphatic rings. The van der Waals surface area contributed by atoms with Crippen LogP contribution in [0.4, 0.5) is 5.69 Å². The first-order valence-corrected chi connectivity index (χ1v) is 10.2. The summed E-state index contributed by atoms with van der Waals surface area (Å²) in [5.41, 5.74) is 10.6. The molecule has 3 rings (SSSR count). The monoisotopic (exact) mass is 372 g/mol. The molecule has 0 saturated carbocycles. The first-order chi connectivity index (χ1) is 12.4. The highest BCUT2D eigenvalue weighted by molar-refractivity contribution is 7.89. The van der Waals surface area contributed by atoms with Gasteiger partial charge in [0.1, 0.15) is 0 Å². The van der Waals surface area contributed by atoms with Crippen molar-refractivity contribution in [2.75, 3.05) is 18.4 Å². The number of nitrogens with one attached hydrogen (secondary N) is 2. The molecular formula is C19H24N4O2S. The number of benzene rings is 2. The molecular weight excluding hydrogens is 348 g/mol. The van der Waals surface area contributed by atoms with Crippen molar-refractivity contribution in [1.29, 1.82) is 0 Å². The van der Waals surface area contributed by atoms with Gasteiger partial charge in [0.2, 0.25) is 10.0 Å². The normalized spacial score (nSPS) is 14.3. The van der Waals surface area contributed by atoms with Gasteiger partial charge in [0.15, 0.2) is 5.96 Å². The standard InChI is InChI=1S/C19H24N4O2S/c1-14-5-9-18(10-6-14)26(24,25)22-12-11-21-19(20)23-17-8-7-15-3-2-4-16(15)13-17/h5-10,13,22H,2-4,11-12H2,1H3,(H3,20,21,23). The molecule has 0 bridgehead atoms. The first kappa shape index (κ1) is 18.4. The van der Waals surface area contributed by atoms with Crippen LogP contribution in [0.2, 0.25) is 0 Å². The van der Waals surface area contributed by atoms with E-state index in [4.69, 9.17) is 5.73 Å². The van der Waals surface area contributed by atoms with Crippen molar-refractivity contribution < 1.29 is 8.42 Å². The molecule has 0 unspecified atom stereocenters. The number of nitrogens with zero attached hydrogens (tertiary/aromatic N) is 1. The maximum atomic E-state index is 12.2. The lowest BCUT2D eigenvalue weighted by Gasteiger charge is -2.09. The van der Waals surface area contributed by atoms with Gasteiger partial charge in [-0.15, -0.1) is 0 Å². The van der Waals surface area contributed by atoms with Gasteiger partial charge in [0.25, 0.3) is 0 Å². The van der Waals surface area contributed by atoms with Gasteiger partial charge in [-0.25, -0.2) is 13.1 Å². The van der Waals surface area contributed by atoms with E-state index in [-0.39, 0.29) is 23.9 Å². The van der Waals surface area contributed by atoms with E-state index in [0.717, 1.165) is 24.1 Å². The number of rotatable bonds is 6. The van der Waals surface area contributed by atoms with Gasteiger partial charge >= 0.3 is 0 Å². The summed E-state index contributed by atoms with van der Waals surface area (Å²) in [7, 11) is -3.52. The van der Waals surface area contributed by atoms with Gasteiger partial charge in [0.05, 0.1) is 11.4 Å². The van der Waals surface area contributed by atoms with Gasteiger partial charge in [-0.1, -0.05) is 23.8 Å². The van der Waals surface area contributed by atoms with Crippen molar-refractivity contribution in [2.24, 2.45) is 10.7 Å². The van der Waals surface area contributed by atoms with Gasteiger partial charge in [0, 0.05) is 12.2 Å². The molecule has 0 heterocycles. The van der Waals surface area contributed by atoms with Gasteiger partial charge in [-0.3, -0.25) is 4.99 Å². The van der Waals surface area contributed by atoms with Crippen molar-refractivity contribution in [2.45, 2.75) is 31.1 Å². The number of anilines is 1. The summed E-state index contributed by atoms with van der Waals surface area (Å²) in [6.45, 7) is 2.35. The average molecular weight is 372 g/mol. The van der Waals surface area contributed by atoms with Crippen LogP contribution >= 0.6 is 0 Å². The number of fused-ring (bicyclic) bond motifs is 1. The summed E-state index contributed by atoms with van der Waals surface area (Å²) in [6.07, 6.45) is 3.44. The van der Waals surface area contributed by atoms with Crippen molar-refractivity contribution in [3.05, 3.63) is 59.2 Å². The lowest BCUT2D eigenvalue weighted by molar-refractivity contribution is 0.582. The highest BCUT2D eigenvalue weighted by Gasteiger charge is 2.13. The Morgan fingerprint density at radius 2 is 1.85 bits per heavy atom. The Morgan fingerprint density at radius 1 is 1.12 bits per heavy atom. The van der Waals surface area contributed by atoms with Crippen molar-refractivity contribution in [3.8, 4) is 0 Å². The van der Waals surface area contributed by atoms with E-state index < -0.39 is 10.0 Å². The Labute approximate surface area is 154 Å². The van der Waals surface area contributed by atoms with E-state index in [1.807, 2.05) is 13.0 Å². The highest BCUT2D eigenvalue weighted by atomic mass is 32.2.